The molecule has 2 heterocycles. The van der Waals surface area contributed by atoms with Crippen LogP contribution in [0.25, 0.3) is 0 Å². The molecule has 5 atom stereocenters. The third-order valence-corrected chi connectivity index (χ3v) is 25.2. The molecular weight excluding hydrogens is 563 g/mol. The molecule has 0 amide bonds. The van der Waals surface area contributed by atoms with E-state index in [2.05, 4.69) is 120 Å². The van der Waals surface area contributed by atoms with Gasteiger partial charge in [-0.2, -0.15) is 0 Å². The SMILES string of the molecule is CC1(C)O[C@@H]2[C@H]3CCN(C(CO[Si](C)(C)C(C)(C)C)CO[Si](C)(C)C(C)(C)C)[C@H]3C[C@H](O[Si](C)(C)C(C)(C)C)[C@H]2O1. The highest BCUT2D eigenvalue weighted by Gasteiger charge is 2.59. The normalized spacial score (nSPS) is 30.1. The predicted octanol–water partition coefficient (Wildman–Crippen LogP) is 8.40. The van der Waals surface area contributed by atoms with Gasteiger partial charge in [0.25, 0.3) is 0 Å². The van der Waals surface area contributed by atoms with Crippen LogP contribution in [0.1, 0.15) is 89.0 Å². The Balaban J connectivity index is 1.92. The first-order valence-corrected chi connectivity index (χ1v) is 25.0. The smallest absolute Gasteiger partial charge is 0.192 e. The summed E-state index contributed by atoms with van der Waals surface area (Å²) in [4.78, 5) is 2.73. The lowest BCUT2D eigenvalue weighted by atomic mass is 9.79. The van der Waals surface area contributed by atoms with E-state index in [1.807, 2.05) is 0 Å². The average Bonchev–Trinajstić information content (AvgIpc) is 3.31. The Morgan fingerprint density at radius 3 is 1.61 bits per heavy atom. The van der Waals surface area contributed by atoms with Gasteiger partial charge in [0.2, 0.25) is 0 Å². The molecule has 3 fully saturated rings. The fourth-order valence-corrected chi connectivity index (χ4v) is 9.23. The number of hydrogen-bond donors (Lipinski definition) is 0. The zero-order valence-corrected chi connectivity index (χ0v) is 33.0. The summed E-state index contributed by atoms with van der Waals surface area (Å²) in [6.45, 7) is 41.8. The van der Waals surface area contributed by atoms with Crippen LogP contribution < -0.4 is 0 Å². The van der Waals surface area contributed by atoms with Gasteiger partial charge in [-0.05, 0) is 87.6 Å². The molecule has 2 aliphatic heterocycles. The average molecular weight is 630 g/mol. The lowest BCUT2D eigenvalue weighted by Crippen LogP contribution is -2.59. The van der Waals surface area contributed by atoms with Crippen molar-refractivity contribution in [3.05, 3.63) is 0 Å². The largest absolute Gasteiger partial charge is 0.415 e. The van der Waals surface area contributed by atoms with Crippen molar-refractivity contribution in [2.45, 2.75) is 180 Å². The molecule has 0 aromatic rings. The van der Waals surface area contributed by atoms with Gasteiger partial charge in [-0.15, -0.1) is 0 Å². The number of nitrogens with zero attached hydrogens (tertiary/aromatic N) is 1. The van der Waals surface area contributed by atoms with Crippen LogP contribution in [0.3, 0.4) is 0 Å². The number of rotatable bonds is 9. The molecule has 3 rings (SSSR count). The Bertz CT molecular complexity index is 872. The van der Waals surface area contributed by atoms with Crippen molar-refractivity contribution in [1.29, 1.82) is 0 Å². The van der Waals surface area contributed by atoms with Crippen molar-refractivity contribution >= 4 is 25.0 Å². The molecule has 2 saturated heterocycles. The maximum absolute atomic E-state index is 7.16. The predicted molar refractivity (Wildman–Crippen MR) is 179 cm³/mol. The lowest BCUT2D eigenvalue weighted by molar-refractivity contribution is -0.154. The lowest BCUT2D eigenvalue weighted by Gasteiger charge is -2.48. The molecule has 0 spiro atoms. The summed E-state index contributed by atoms with van der Waals surface area (Å²) < 4.78 is 34.3. The van der Waals surface area contributed by atoms with Gasteiger partial charge in [-0.3, -0.25) is 4.90 Å². The second-order valence-electron chi connectivity index (χ2n) is 18.3. The second kappa shape index (κ2) is 11.6. The van der Waals surface area contributed by atoms with Crippen molar-refractivity contribution < 1.29 is 22.8 Å². The molecule has 0 N–H and O–H groups in total. The zero-order chi connectivity index (χ0) is 31.6. The summed E-state index contributed by atoms with van der Waals surface area (Å²) in [5.41, 5.74) is 0. The van der Waals surface area contributed by atoms with Gasteiger partial charge in [0, 0.05) is 12.0 Å². The van der Waals surface area contributed by atoms with E-state index in [4.69, 9.17) is 22.8 Å². The molecule has 9 heteroatoms. The molecule has 0 bridgehead atoms. The van der Waals surface area contributed by atoms with E-state index >= 15 is 0 Å². The van der Waals surface area contributed by atoms with Crippen molar-refractivity contribution in [2.75, 3.05) is 19.8 Å². The monoisotopic (exact) mass is 629 g/mol. The minimum absolute atomic E-state index is 0.00858. The van der Waals surface area contributed by atoms with Crippen LogP contribution >= 0.6 is 0 Å². The Labute approximate surface area is 257 Å². The minimum Gasteiger partial charge on any atom is -0.415 e. The van der Waals surface area contributed by atoms with Gasteiger partial charge >= 0.3 is 0 Å². The van der Waals surface area contributed by atoms with Gasteiger partial charge in [-0.25, -0.2) is 0 Å². The van der Waals surface area contributed by atoms with Crippen molar-refractivity contribution in [3.8, 4) is 0 Å². The van der Waals surface area contributed by atoms with Crippen LogP contribution in [0.4, 0.5) is 0 Å². The Morgan fingerprint density at radius 2 is 1.17 bits per heavy atom. The number of ether oxygens (including phenoxy) is 2. The highest BCUT2D eigenvalue weighted by molar-refractivity contribution is 6.75. The van der Waals surface area contributed by atoms with E-state index in [0.29, 0.717) is 12.0 Å². The van der Waals surface area contributed by atoms with Gasteiger partial charge in [0.15, 0.2) is 30.7 Å². The van der Waals surface area contributed by atoms with Crippen LogP contribution in [-0.4, -0.2) is 85.8 Å². The van der Waals surface area contributed by atoms with Crippen LogP contribution in [0.2, 0.25) is 54.4 Å². The maximum Gasteiger partial charge on any atom is 0.192 e. The third kappa shape index (κ3) is 7.80. The zero-order valence-electron chi connectivity index (χ0n) is 30.0. The van der Waals surface area contributed by atoms with E-state index in [0.717, 1.165) is 32.6 Å². The van der Waals surface area contributed by atoms with E-state index in [9.17, 15) is 0 Å². The fraction of sp³-hybridized carbons (Fsp3) is 1.00. The molecule has 1 saturated carbocycles. The Hall–Kier alpha value is 0.411. The highest BCUT2D eigenvalue weighted by Crippen LogP contribution is 2.49. The molecule has 1 aliphatic carbocycles. The number of hydrogen-bond acceptors (Lipinski definition) is 6. The van der Waals surface area contributed by atoms with E-state index in [1.54, 1.807) is 0 Å². The van der Waals surface area contributed by atoms with Crippen LogP contribution in [0, 0.1) is 5.92 Å². The molecule has 6 nitrogen and oxygen atoms in total. The summed E-state index contributed by atoms with van der Waals surface area (Å²) in [5, 5.41) is 0.485. The second-order valence-corrected chi connectivity index (χ2v) is 32.6. The van der Waals surface area contributed by atoms with E-state index < -0.39 is 30.7 Å². The van der Waals surface area contributed by atoms with Crippen LogP contribution in [-0.2, 0) is 22.8 Å². The van der Waals surface area contributed by atoms with Crippen molar-refractivity contribution in [3.63, 3.8) is 0 Å². The first-order chi connectivity index (χ1) is 18.2. The van der Waals surface area contributed by atoms with Crippen molar-refractivity contribution in [1.82, 2.24) is 4.90 Å². The van der Waals surface area contributed by atoms with Gasteiger partial charge in [-0.1, -0.05) is 62.3 Å². The maximum atomic E-state index is 7.16. The molecule has 41 heavy (non-hydrogen) atoms. The first kappa shape index (κ1) is 35.9. The molecule has 0 aromatic carbocycles. The molecule has 242 valence electrons. The third-order valence-electron chi connectivity index (χ3n) is 11.7. The standard InChI is InChI=1S/C32H67NO5Si3/c1-29(2,3)39(12,13)34-21-23(22-35-40(14,15)30(4,5)6)33-19-18-24-25(33)20-26(38-41(16,17)31(7,8)9)28-27(24)36-32(10,11)37-28/h23-28H,18-22H2,1-17H3/t24-,25-,26-,27+,28+/m0/s1. The van der Waals surface area contributed by atoms with E-state index in [-0.39, 0.29) is 39.5 Å². The highest BCUT2D eigenvalue weighted by atomic mass is 28.4. The Kier molecular flexibility index (Phi) is 10.2. The summed E-state index contributed by atoms with van der Waals surface area (Å²) in [6, 6.07) is 0.591. The van der Waals surface area contributed by atoms with Crippen molar-refractivity contribution in [2.24, 2.45) is 5.92 Å². The van der Waals surface area contributed by atoms with Gasteiger partial charge < -0.3 is 22.8 Å². The number of fused-ring (bicyclic) bond motifs is 3. The molecule has 0 unspecified atom stereocenters. The molecule has 3 aliphatic rings. The molecular formula is C32H67NO5Si3. The Morgan fingerprint density at radius 1 is 0.732 bits per heavy atom. The molecule has 0 radical (unpaired) electrons. The van der Waals surface area contributed by atoms with E-state index in [1.165, 1.54) is 0 Å². The first-order valence-electron chi connectivity index (χ1n) is 16.3. The van der Waals surface area contributed by atoms with Crippen LogP contribution in [0.15, 0.2) is 0 Å². The van der Waals surface area contributed by atoms with Gasteiger partial charge in [0.05, 0.1) is 31.5 Å². The topological polar surface area (TPSA) is 49.4 Å². The fourth-order valence-electron chi connectivity index (χ4n) is 5.81. The molecule has 0 aromatic heterocycles. The summed E-state index contributed by atoms with van der Waals surface area (Å²) in [6.07, 6.45) is 2.19. The summed E-state index contributed by atoms with van der Waals surface area (Å²) in [7, 11) is -5.84. The quantitative estimate of drug-likeness (QED) is 0.239. The van der Waals surface area contributed by atoms with Crippen LogP contribution in [0.5, 0.6) is 0 Å². The number of likely N-dealkylation sites (tertiary alicyclic amines) is 1. The van der Waals surface area contributed by atoms with Gasteiger partial charge in [0.1, 0.15) is 6.10 Å². The minimum atomic E-state index is -2.01. The summed E-state index contributed by atoms with van der Waals surface area (Å²) in [5.74, 6) is -0.146. The summed E-state index contributed by atoms with van der Waals surface area (Å²) >= 11 is 0.